The molecule has 3 aromatic rings. The van der Waals surface area contributed by atoms with Crippen molar-refractivity contribution in [3.8, 4) is 5.75 Å². The maximum Gasteiger partial charge on any atom is 0.221 e. The van der Waals surface area contributed by atoms with E-state index in [1.54, 1.807) is 7.11 Å². The molecule has 0 aliphatic heterocycles. The van der Waals surface area contributed by atoms with Crippen molar-refractivity contribution < 1.29 is 9.53 Å². The molecular weight excluding hydrogens is 350 g/mol. The number of para-hydroxylation sites is 1. The fraction of sp³-hybridized carbons (Fsp3) is 0.304. The maximum absolute atomic E-state index is 12.8. The van der Waals surface area contributed by atoms with Gasteiger partial charge in [-0.1, -0.05) is 48.5 Å². The highest BCUT2D eigenvalue weighted by Gasteiger charge is 2.20. The molecule has 146 valence electrons. The number of carbonyl (C=O) groups is 1. The largest absolute Gasteiger partial charge is 0.496 e. The number of amides is 1. The number of benzene rings is 2. The Morgan fingerprint density at radius 1 is 1.11 bits per heavy atom. The van der Waals surface area contributed by atoms with Gasteiger partial charge in [-0.3, -0.25) is 9.48 Å². The van der Waals surface area contributed by atoms with Crippen LogP contribution in [0.25, 0.3) is 0 Å². The molecule has 2 aromatic carbocycles. The molecule has 0 saturated heterocycles. The number of nitrogens with zero attached hydrogens (tertiary/aromatic N) is 2. The number of ether oxygens (including phenoxy) is 1. The van der Waals surface area contributed by atoms with Crippen molar-refractivity contribution >= 4 is 5.91 Å². The Balaban J connectivity index is 1.81. The van der Waals surface area contributed by atoms with E-state index in [1.807, 2.05) is 80.2 Å². The molecule has 0 saturated carbocycles. The van der Waals surface area contributed by atoms with Crippen LogP contribution in [0.3, 0.4) is 0 Å². The lowest BCUT2D eigenvalue weighted by molar-refractivity contribution is -0.121. The number of hydrogen-bond donors (Lipinski definition) is 1. The summed E-state index contributed by atoms with van der Waals surface area (Å²) >= 11 is 0. The highest BCUT2D eigenvalue weighted by atomic mass is 16.5. The average molecular weight is 377 g/mol. The molecule has 0 aliphatic carbocycles. The van der Waals surface area contributed by atoms with Crippen LogP contribution in [0.15, 0.2) is 54.6 Å². The minimum absolute atomic E-state index is 0.00223. The number of aryl methyl sites for hydroxylation is 2. The molecule has 5 heteroatoms. The first-order valence-corrected chi connectivity index (χ1v) is 9.47. The fourth-order valence-corrected chi connectivity index (χ4v) is 3.54. The summed E-state index contributed by atoms with van der Waals surface area (Å²) in [6.45, 7) is 4.02. The van der Waals surface area contributed by atoms with Gasteiger partial charge < -0.3 is 10.1 Å². The maximum atomic E-state index is 12.8. The van der Waals surface area contributed by atoms with Crippen LogP contribution in [0.2, 0.25) is 0 Å². The fourth-order valence-electron chi connectivity index (χ4n) is 3.54. The van der Waals surface area contributed by atoms with E-state index in [4.69, 9.17) is 4.74 Å². The van der Waals surface area contributed by atoms with Crippen LogP contribution in [0, 0.1) is 13.8 Å². The number of nitrogens with one attached hydrogen (secondary N) is 1. The van der Waals surface area contributed by atoms with E-state index in [0.717, 1.165) is 33.8 Å². The standard InChI is InChI=1S/C23H27N3O2/c1-16-19(17(2)26(3)25-16)14-15-22(27)24-23(18-10-6-5-7-11-18)20-12-8-9-13-21(20)28-4/h5-13,23H,14-15H2,1-4H3,(H,24,27). The average Bonchev–Trinajstić information content (AvgIpc) is 2.96. The zero-order valence-electron chi connectivity index (χ0n) is 16.9. The Hall–Kier alpha value is -3.08. The first-order chi connectivity index (χ1) is 13.5. The molecule has 1 unspecified atom stereocenters. The highest BCUT2D eigenvalue weighted by Crippen LogP contribution is 2.30. The number of carbonyl (C=O) groups excluding carboxylic acids is 1. The number of methoxy groups -OCH3 is 1. The summed E-state index contributed by atoms with van der Waals surface area (Å²) < 4.78 is 7.40. The first kappa shape index (κ1) is 19.7. The Labute approximate surface area is 166 Å². The second-order valence-electron chi connectivity index (χ2n) is 6.93. The Kier molecular flexibility index (Phi) is 6.14. The smallest absolute Gasteiger partial charge is 0.221 e. The summed E-state index contributed by atoms with van der Waals surface area (Å²) in [6.07, 6.45) is 1.08. The van der Waals surface area contributed by atoms with E-state index in [-0.39, 0.29) is 11.9 Å². The molecule has 0 spiro atoms. The molecular formula is C23H27N3O2. The van der Waals surface area contributed by atoms with Gasteiger partial charge in [0.25, 0.3) is 0 Å². The van der Waals surface area contributed by atoms with Gasteiger partial charge in [0, 0.05) is 24.7 Å². The van der Waals surface area contributed by atoms with Gasteiger partial charge in [0.05, 0.1) is 18.8 Å². The molecule has 0 bridgehead atoms. The van der Waals surface area contributed by atoms with Gasteiger partial charge in [0.2, 0.25) is 5.91 Å². The van der Waals surface area contributed by atoms with E-state index < -0.39 is 0 Å². The van der Waals surface area contributed by atoms with Crippen LogP contribution < -0.4 is 10.1 Å². The zero-order chi connectivity index (χ0) is 20.1. The van der Waals surface area contributed by atoms with Gasteiger partial charge >= 0.3 is 0 Å². The molecule has 0 fully saturated rings. The molecule has 28 heavy (non-hydrogen) atoms. The van der Waals surface area contributed by atoms with Crippen molar-refractivity contribution in [1.29, 1.82) is 0 Å². The van der Waals surface area contributed by atoms with Gasteiger partial charge in [-0.25, -0.2) is 0 Å². The van der Waals surface area contributed by atoms with Crippen molar-refractivity contribution in [2.24, 2.45) is 7.05 Å². The summed E-state index contributed by atoms with van der Waals surface area (Å²) in [5.41, 5.74) is 5.20. The van der Waals surface area contributed by atoms with Gasteiger partial charge in [0.1, 0.15) is 5.75 Å². The summed E-state index contributed by atoms with van der Waals surface area (Å²) in [7, 11) is 3.58. The Morgan fingerprint density at radius 3 is 2.43 bits per heavy atom. The molecule has 3 rings (SSSR count). The van der Waals surface area contributed by atoms with Crippen LogP contribution >= 0.6 is 0 Å². The second-order valence-corrected chi connectivity index (χ2v) is 6.93. The Bertz CT molecular complexity index is 948. The topological polar surface area (TPSA) is 56.1 Å². The molecule has 5 nitrogen and oxygen atoms in total. The highest BCUT2D eigenvalue weighted by molar-refractivity contribution is 5.77. The molecule has 1 atom stereocenters. The lowest BCUT2D eigenvalue weighted by atomic mass is 9.97. The van der Waals surface area contributed by atoms with Crippen LogP contribution in [0.5, 0.6) is 5.75 Å². The lowest BCUT2D eigenvalue weighted by Crippen LogP contribution is -2.29. The van der Waals surface area contributed by atoms with Crippen molar-refractivity contribution in [2.45, 2.75) is 32.7 Å². The third kappa shape index (κ3) is 4.25. The lowest BCUT2D eigenvalue weighted by Gasteiger charge is -2.22. The molecule has 1 amide bonds. The summed E-state index contributed by atoms with van der Waals surface area (Å²) in [5, 5.41) is 7.63. The van der Waals surface area contributed by atoms with E-state index >= 15 is 0 Å². The predicted octanol–water partition coefficient (Wildman–Crippen LogP) is 3.88. The van der Waals surface area contributed by atoms with E-state index in [2.05, 4.69) is 10.4 Å². The van der Waals surface area contributed by atoms with Crippen molar-refractivity contribution in [3.63, 3.8) is 0 Å². The van der Waals surface area contributed by atoms with Gasteiger partial charge in [-0.2, -0.15) is 5.10 Å². The number of hydrogen-bond acceptors (Lipinski definition) is 3. The number of aromatic nitrogens is 2. The zero-order valence-corrected chi connectivity index (χ0v) is 16.9. The monoisotopic (exact) mass is 377 g/mol. The summed E-state index contributed by atoms with van der Waals surface area (Å²) in [5.74, 6) is 0.762. The summed E-state index contributed by atoms with van der Waals surface area (Å²) in [4.78, 5) is 12.8. The minimum atomic E-state index is -0.263. The SMILES string of the molecule is COc1ccccc1C(NC(=O)CCc1c(C)nn(C)c1C)c1ccccc1. The van der Waals surface area contributed by atoms with Crippen LogP contribution in [0.4, 0.5) is 0 Å². The molecule has 1 heterocycles. The summed E-state index contributed by atoms with van der Waals surface area (Å²) in [6, 6.07) is 17.5. The second kappa shape index (κ2) is 8.74. The third-order valence-electron chi connectivity index (χ3n) is 5.15. The van der Waals surface area contributed by atoms with Crippen LogP contribution in [-0.2, 0) is 18.3 Å². The third-order valence-corrected chi connectivity index (χ3v) is 5.15. The van der Waals surface area contributed by atoms with Crippen molar-refractivity contribution in [3.05, 3.63) is 82.7 Å². The van der Waals surface area contributed by atoms with Gasteiger partial charge in [-0.15, -0.1) is 0 Å². The van der Waals surface area contributed by atoms with E-state index in [9.17, 15) is 4.79 Å². The van der Waals surface area contributed by atoms with Gasteiger partial charge in [0.15, 0.2) is 0 Å². The van der Waals surface area contributed by atoms with E-state index in [0.29, 0.717) is 12.8 Å². The van der Waals surface area contributed by atoms with Crippen molar-refractivity contribution in [2.75, 3.05) is 7.11 Å². The van der Waals surface area contributed by atoms with Crippen LogP contribution in [0.1, 0.15) is 40.5 Å². The molecule has 1 aromatic heterocycles. The molecule has 1 N–H and O–H groups in total. The molecule has 0 radical (unpaired) electrons. The first-order valence-electron chi connectivity index (χ1n) is 9.47. The predicted molar refractivity (Wildman–Crippen MR) is 110 cm³/mol. The van der Waals surface area contributed by atoms with Gasteiger partial charge in [-0.05, 0) is 37.5 Å². The number of rotatable bonds is 7. The van der Waals surface area contributed by atoms with Crippen molar-refractivity contribution in [1.82, 2.24) is 15.1 Å². The quantitative estimate of drug-likeness (QED) is 0.680. The molecule has 0 aliphatic rings. The Morgan fingerprint density at radius 2 is 1.79 bits per heavy atom. The van der Waals surface area contributed by atoms with Crippen LogP contribution in [-0.4, -0.2) is 22.8 Å². The minimum Gasteiger partial charge on any atom is -0.496 e. The van der Waals surface area contributed by atoms with E-state index in [1.165, 1.54) is 0 Å². The normalized spacial score (nSPS) is 11.9.